The van der Waals surface area contributed by atoms with Crippen LogP contribution in [0.5, 0.6) is 0 Å². The second-order valence-corrected chi connectivity index (χ2v) is 3.48. The summed E-state index contributed by atoms with van der Waals surface area (Å²) in [6, 6.07) is 0. The molecule has 0 aromatic rings. The van der Waals surface area contributed by atoms with Gasteiger partial charge < -0.3 is 9.84 Å². The van der Waals surface area contributed by atoms with Crippen molar-refractivity contribution in [3.05, 3.63) is 0 Å². The molecular weight excluding hydrogens is 140 g/mol. The average Bonchev–Trinajstić information content (AvgIpc) is 2.38. The predicted octanol–water partition coefficient (Wildman–Crippen LogP) is 1.72. The first-order chi connectivity index (χ1) is 5.27. The monoisotopic (exact) mass is 158 g/mol. The van der Waals surface area contributed by atoms with Gasteiger partial charge in [-0.25, -0.2) is 0 Å². The number of rotatable bonds is 4. The van der Waals surface area contributed by atoms with E-state index >= 15 is 0 Å². The highest BCUT2D eigenvalue weighted by Crippen LogP contribution is 2.29. The molecule has 1 rings (SSSR count). The van der Waals surface area contributed by atoms with Gasteiger partial charge >= 0.3 is 0 Å². The van der Waals surface area contributed by atoms with E-state index < -0.39 is 5.60 Å². The Morgan fingerprint density at radius 2 is 2.00 bits per heavy atom. The Balaban J connectivity index is 2.13. The van der Waals surface area contributed by atoms with Gasteiger partial charge in [-0.15, -0.1) is 0 Å². The Morgan fingerprint density at radius 1 is 1.36 bits per heavy atom. The second kappa shape index (κ2) is 4.07. The Hall–Kier alpha value is -0.0800. The third-order valence-corrected chi connectivity index (χ3v) is 2.25. The van der Waals surface area contributed by atoms with Crippen LogP contribution in [-0.2, 0) is 4.74 Å². The topological polar surface area (TPSA) is 29.5 Å². The Bertz CT molecular complexity index is 106. The minimum absolute atomic E-state index is 0.477. The molecule has 1 aliphatic rings. The van der Waals surface area contributed by atoms with Gasteiger partial charge in [-0.3, -0.25) is 0 Å². The molecule has 0 unspecified atom stereocenters. The Morgan fingerprint density at radius 3 is 2.55 bits per heavy atom. The minimum atomic E-state index is -0.477. The van der Waals surface area contributed by atoms with E-state index in [0.29, 0.717) is 6.61 Å². The smallest absolute Gasteiger partial charge is 0.0880 e. The van der Waals surface area contributed by atoms with E-state index in [2.05, 4.69) is 6.92 Å². The first-order valence-corrected chi connectivity index (χ1v) is 4.57. The van der Waals surface area contributed by atoms with Gasteiger partial charge in [-0.2, -0.15) is 0 Å². The summed E-state index contributed by atoms with van der Waals surface area (Å²) in [7, 11) is 0. The van der Waals surface area contributed by atoms with Crippen molar-refractivity contribution in [3.63, 3.8) is 0 Å². The summed E-state index contributed by atoms with van der Waals surface area (Å²) >= 11 is 0. The molecule has 66 valence electrons. The van der Waals surface area contributed by atoms with E-state index in [0.717, 1.165) is 38.7 Å². The maximum Gasteiger partial charge on any atom is 0.0880 e. The van der Waals surface area contributed by atoms with Crippen molar-refractivity contribution in [2.75, 3.05) is 13.2 Å². The van der Waals surface area contributed by atoms with Crippen LogP contribution in [0.25, 0.3) is 0 Å². The molecule has 11 heavy (non-hydrogen) atoms. The molecule has 2 nitrogen and oxygen atoms in total. The van der Waals surface area contributed by atoms with Gasteiger partial charge in [-0.1, -0.05) is 19.8 Å². The van der Waals surface area contributed by atoms with Gasteiger partial charge in [0.1, 0.15) is 0 Å². The summed E-state index contributed by atoms with van der Waals surface area (Å²) < 4.78 is 5.32. The molecule has 2 heteroatoms. The summed E-state index contributed by atoms with van der Waals surface area (Å²) in [6.45, 7) is 3.40. The lowest BCUT2D eigenvalue weighted by Gasteiger charge is -2.21. The molecule has 1 N–H and O–H groups in total. The van der Waals surface area contributed by atoms with Crippen LogP contribution in [0.3, 0.4) is 0 Å². The maximum atomic E-state index is 9.79. The summed E-state index contributed by atoms with van der Waals surface area (Å²) in [5.74, 6) is 0. The first-order valence-electron chi connectivity index (χ1n) is 4.57. The molecule has 0 atom stereocenters. The van der Waals surface area contributed by atoms with Crippen LogP contribution in [0.2, 0.25) is 0 Å². The van der Waals surface area contributed by atoms with Crippen molar-refractivity contribution < 1.29 is 9.84 Å². The molecule has 0 aliphatic heterocycles. The Kier molecular flexibility index (Phi) is 3.34. The van der Waals surface area contributed by atoms with Crippen LogP contribution in [0, 0.1) is 0 Å². The van der Waals surface area contributed by atoms with Crippen molar-refractivity contribution in [2.45, 2.75) is 44.6 Å². The van der Waals surface area contributed by atoms with Crippen molar-refractivity contribution in [2.24, 2.45) is 0 Å². The molecule has 0 heterocycles. The fourth-order valence-corrected chi connectivity index (χ4v) is 1.58. The van der Waals surface area contributed by atoms with Crippen molar-refractivity contribution in [3.8, 4) is 0 Å². The molecule has 1 fully saturated rings. The fraction of sp³-hybridized carbons (Fsp3) is 1.00. The summed E-state index contributed by atoms with van der Waals surface area (Å²) in [4.78, 5) is 0. The Labute approximate surface area is 68.6 Å². The van der Waals surface area contributed by atoms with Gasteiger partial charge in [0.05, 0.1) is 12.2 Å². The fourth-order valence-electron chi connectivity index (χ4n) is 1.58. The van der Waals surface area contributed by atoms with Crippen LogP contribution in [0.4, 0.5) is 0 Å². The number of hydrogen-bond acceptors (Lipinski definition) is 2. The zero-order valence-electron chi connectivity index (χ0n) is 7.31. The van der Waals surface area contributed by atoms with E-state index in [1.54, 1.807) is 0 Å². The lowest BCUT2D eigenvalue weighted by atomic mass is 10.0. The molecular formula is C9H18O2. The zero-order chi connectivity index (χ0) is 8.16. The number of hydrogen-bond donors (Lipinski definition) is 1. The first kappa shape index (κ1) is 9.01. The lowest BCUT2D eigenvalue weighted by Crippen LogP contribution is -2.30. The van der Waals surface area contributed by atoms with Crippen molar-refractivity contribution in [1.82, 2.24) is 0 Å². The van der Waals surface area contributed by atoms with E-state index in [4.69, 9.17) is 4.74 Å². The van der Waals surface area contributed by atoms with Gasteiger partial charge in [0, 0.05) is 6.61 Å². The standard InChI is InChI=1S/C9H18O2/c1-2-7-11-8-9(10)5-3-4-6-9/h10H,2-8H2,1H3. The molecule has 0 amide bonds. The van der Waals surface area contributed by atoms with E-state index in [1.807, 2.05) is 0 Å². The molecule has 1 aliphatic carbocycles. The van der Waals surface area contributed by atoms with E-state index in [-0.39, 0.29) is 0 Å². The summed E-state index contributed by atoms with van der Waals surface area (Å²) in [5.41, 5.74) is -0.477. The van der Waals surface area contributed by atoms with Gasteiger partial charge in [0.15, 0.2) is 0 Å². The van der Waals surface area contributed by atoms with E-state index in [1.165, 1.54) is 0 Å². The largest absolute Gasteiger partial charge is 0.387 e. The quantitative estimate of drug-likeness (QED) is 0.631. The predicted molar refractivity (Wildman–Crippen MR) is 44.5 cm³/mol. The lowest BCUT2D eigenvalue weighted by molar-refractivity contribution is -0.0410. The van der Waals surface area contributed by atoms with Crippen LogP contribution in [-0.4, -0.2) is 23.9 Å². The second-order valence-electron chi connectivity index (χ2n) is 3.48. The van der Waals surface area contributed by atoms with Gasteiger partial charge in [0.2, 0.25) is 0 Å². The van der Waals surface area contributed by atoms with Crippen LogP contribution >= 0.6 is 0 Å². The van der Waals surface area contributed by atoms with Crippen molar-refractivity contribution in [1.29, 1.82) is 0 Å². The average molecular weight is 158 g/mol. The molecule has 0 radical (unpaired) electrons. The third-order valence-electron chi connectivity index (χ3n) is 2.25. The van der Waals surface area contributed by atoms with Crippen LogP contribution in [0.15, 0.2) is 0 Å². The highest BCUT2D eigenvalue weighted by atomic mass is 16.5. The van der Waals surface area contributed by atoms with Gasteiger partial charge in [0.25, 0.3) is 0 Å². The summed E-state index contributed by atoms with van der Waals surface area (Å²) in [6.07, 6.45) is 5.21. The molecule has 0 aromatic heterocycles. The highest BCUT2D eigenvalue weighted by molar-refractivity contribution is 4.83. The molecule has 0 aromatic carbocycles. The number of ether oxygens (including phenoxy) is 1. The molecule has 0 bridgehead atoms. The SMILES string of the molecule is CCCOCC1(O)CCCC1. The van der Waals surface area contributed by atoms with Crippen LogP contribution in [0.1, 0.15) is 39.0 Å². The maximum absolute atomic E-state index is 9.79. The van der Waals surface area contributed by atoms with Crippen LogP contribution < -0.4 is 0 Å². The summed E-state index contributed by atoms with van der Waals surface area (Å²) in [5, 5.41) is 9.79. The molecule has 1 saturated carbocycles. The zero-order valence-corrected chi connectivity index (χ0v) is 7.31. The minimum Gasteiger partial charge on any atom is -0.387 e. The van der Waals surface area contributed by atoms with Crippen molar-refractivity contribution >= 4 is 0 Å². The van der Waals surface area contributed by atoms with Gasteiger partial charge in [-0.05, 0) is 19.3 Å². The molecule has 0 saturated heterocycles. The molecule has 0 spiro atoms. The highest BCUT2D eigenvalue weighted by Gasteiger charge is 2.30. The normalized spacial score (nSPS) is 22.4. The third kappa shape index (κ3) is 2.80. The number of aliphatic hydroxyl groups is 1. The van der Waals surface area contributed by atoms with E-state index in [9.17, 15) is 5.11 Å².